The van der Waals surface area contributed by atoms with Crippen molar-refractivity contribution in [2.45, 2.75) is 18.9 Å². The van der Waals surface area contributed by atoms with Crippen molar-refractivity contribution >= 4 is 17.5 Å². The van der Waals surface area contributed by atoms with Crippen LogP contribution in [0.1, 0.15) is 33.6 Å². The van der Waals surface area contributed by atoms with Gasteiger partial charge < -0.3 is 15.4 Å². The van der Waals surface area contributed by atoms with Crippen molar-refractivity contribution < 1.29 is 14.3 Å². The number of nitrogens with zero attached hydrogens (tertiary/aromatic N) is 1. The number of anilines is 1. The lowest BCUT2D eigenvalue weighted by atomic mass is 10.1. The van der Waals surface area contributed by atoms with Crippen molar-refractivity contribution in [2.75, 3.05) is 18.5 Å². The number of amides is 2. The van der Waals surface area contributed by atoms with Gasteiger partial charge >= 0.3 is 0 Å². The fourth-order valence-corrected chi connectivity index (χ4v) is 2.59. The molecule has 2 amide bonds. The Balaban J connectivity index is 1.68. The third-order valence-corrected chi connectivity index (χ3v) is 3.86. The maximum atomic E-state index is 12.4. The molecule has 1 aromatic carbocycles. The molecule has 6 heteroatoms. The summed E-state index contributed by atoms with van der Waals surface area (Å²) in [5.74, 6) is -0.532. The highest BCUT2D eigenvalue weighted by Crippen LogP contribution is 2.17. The summed E-state index contributed by atoms with van der Waals surface area (Å²) in [5.41, 5.74) is 1.33. The number of carbonyl (C=O) groups excluding carboxylic acids is 2. The number of pyridine rings is 1. The van der Waals surface area contributed by atoms with Crippen LogP contribution in [0.4, 0.5) is 5.69 Å². The first-order chi connectivity index (χ1) is 11.7. The van der Waals surface area contributed by atoms with Crippen LogP contribution in [0.3, 0.4) is 0 Å². The summed E-state index contributed by atoms with van der Waals surface area (Å²) in [6.07, 6.45) is 5.14. The number of ether oxygens (including phenoxy) is 1. The van der Waals surface area contributed by atoms with Gasteiger partial charge in [0.15, 0.2) is 0 Å². The molecule has 0 aliphatic carbocycles. The summed E-state index contributed by atoms with van der Waals surface area (Å²) < 4.78 is 5.50. The zero-order valence-corrected chi connectivity index (χ0v) is 13.2. The maximum absolute atomic E-state index is 12.4. The van der Waals surface area contributed by atoms with Crippen LogP contribution < -0.4 is 10.6 Å². The summed E-state index contributed by atoms with van der Waals surface area (Å²) in [4.78, 5) is 28.6. The second-order valence-electron chi connectivity index (χ2n) is 5.59. The van der Waals surface area contributed by atoms with E-state index in [2.05, 4.69) is 15.6 Å². The molecule has 1 aromatic heterocycles. The molecule has 2 aromatic rings. The second kappa shape index (κ2) is 7.70. The molecule has 3 rings (SSSR count). The number of para-hydroxylation sites is 1. The zero-order valence-electron chi connectivity index (χ0n) is 13.2. The zero-order chi connectivity index (χ0) is 16.8. The molecule has 1 aliphatic heterocycles. The minimum atomic E-state index is -0.303. The highest BCUT2D eigenvalue weighted by atomic mass is 16.5. The molecule has 1 aliphatic rings. The lowest BCUT2D eigenvalue weighted by Gasteiger charge is -2.13. The van der Waals surface area contributed by atoms with Crippen molar-refractivity contribution in [1.29, 1.82) is 0 Å². The molecule has 0 saturated carbocycles. The minimum absolute atomic E-state index is 0.0751. The van der Waals surface area contributed by atoms with E-state index in [4.69, 9.17) is 4.74 Å². The van der Waals surface area contributed by atoms with Crippen LogP contribution >= 0.6 is 0 Å². The first-order valence-corrected chi connectivity index (χ1v) is 7.94. The van der Waals surface area contributed by atoms with Gasteiger partial charge in [-0.05, 0) is 37.1 Å². The largest absolute Gasteiger partial charge is 0.376 e. The van der Waals surface area contributed by atoms with Gasteiger partial charge in [-0.15, -0.1) is 0 Å². The Bertz CT molecular complexity index is 712. The molecular weight excluding hydrogens is 306 g/mol. The van der Waals surface area contributed by atoms with E-state index in [1.54, 1.807) is 42.6 Å². The normalized spacial score (nSPS) is 16.6. The molecule has 2 N–H and O–H groups in total. The lowest BCUT2D eigenvalue weighted by Crippen LogP contribution is -2.32. The van der Waals surface area contributed by atoms with E-state index in [1.165, 1.54) is 6.20 Å². The van der Waals surface area contributed by atoms with Gasteiger partial charge in [0.25, 0.3) is 11.8 Å². The lowest BCUT2D eigenvalue weighted by molar-refractivity contribution is 0.0858. The van der Waals surface area contributed by atoms with Crippen molar-refractivity contribution in [3.8, 4) is 0 Å². The van der Waals surface area contributed by atoms with Gasteiger partial charge in [-0.25, -0.2) is 0 Å². The first-order valence-electron chi connectivity index (χ1n) is 7.94. The summed E-state index contributed by atoms with van der Waals surface area (Å²) in [5, 5.41) is 5.63. The molecule has 1 atom stereocenters. The Kier molecular flexibility index (Phi) is 5.18. The van der Waals surface area contributed by atoms with E-state index in [0.717, 1.165) is 19.4 Å². The Labute approximate surface area is 140 Å². The predicted octanol–water partition coefficient (Wildman–Crippen LogP) is 2.24. The Hall–Kier alpha value is -2.73. The Morgan fingerprint density at radius 3 is 2.79 bits per heavy atom. The molecule has 0 radical (unpaired) electrons. The molecule has 0 spiro atoms. The van der Waals surface area contributed by atoms with Crippen molar-refractivity contribution in [1.82, 2.24) is 10.3 Å². The van der Waals surface area contributed by atoms with E-state index in [1.807, 2.05) is 0 Å². The summed E-state index contributed by atoms with van der Waals surface area (Å²) in [6.45, 7) is 1.22. The number of hydrogen-bond donors (Lipinski definition) is 2. The number of benzene rings is 1. The molecule has 0 bridgehead atoms. The van der Waals surface area contributed by atoms with Gasteiger partial charge in [0.2, 0.25) is 0 Å². The standard InChI is InChI=1S/C18H19N3O3/c22-17(13-5-3-9-19-11-13)21-16-8-2-1-7-15(16)18(23)20-12-14-6-4-10-24-14/h1-3,5,7-9,11,14H,4,6,10,12H2,(H,20,23)(H,21,22)/t14-/m0/s1. The average molecular weight is 325 g/mol. The Morgan fingerprint density at radius 2 is 2.04 bits per heavy atom. The SMILES string of the molecule is O=C(Nc1ccccc1C(=O)NC[C@@H]1CCCO1)c1cccnc1. The third-order valence-electron chi connectivity index (χ3n) is 3.86. The molecule has 124 valence electrons. The number of rotatable bonds is 5. The molecular formula is C18H19N3O3. The van der Waals surface area contributed by atoms with E-state index in [9.17, 15) is 9.59 Å². The number of aromatic nitrogens is 1. The van der Waals surface area contributed by atoms with Crippen LogP contribution in [0.15, 0.2) is 48.8 Å². The van der Waals surface area contributed by atoms with Gasteiger partial charge in [0.05, 0.1) is 22.9 Å². The average Bonchev–Trinajstić information content (AvgIpc) is 3.14. The molecule has 2 heterocycles. The number of carbonyl (C=O) groups is 2. The molecule has 6 nitrogen and oxygen atoms in total. The van der Waals surface area contributed by atoms with E-state index >= 15 is 0 Å². The van der Waals surface area contributed by atoms with Gasteiger partial charge in [-0.1, -0.05) is 12.1 Å². The van der Waals surface area contributed by atoms with E-state index < -0.39 is 0 Å². The molecule has 0 unspecified atom stereocenters. The van der Waals surface area contributed by atoms with E-state index in [-0.39, 0.29) is 17.9 Å². The first kappa shape index (κ1) is 16.1. The summed E-state index contributed by atoms with van der Waals surface area (Å²) >= 11 is 0. The van der Waals surface area contributed by atoms with Crippen LogP contribution in [0.5, 0.6) is 0 Å². The highest BCUT2D eigenvalue weighted by molar-refractivity contribution is 6.08. The van der Waals surface area contributed by atoms with E-state index in [0.29, 0.717) is 23.4 Å². The quantitative estimate of drug-likeness (QED) is 0.883. The van der Waals surface area contributed by atoms with Crippen molar-refractivity contribution in [3.05, 3.63) is 59.9 Å². The Morgan fingerprint density at radius 1 is 1.17 bits per heavy atom. The third kappa shape index (κ3) is 3.97. The second-order valence-corrected chi connectivity index (χ2v) is 5.59. The highest BCUT2D eigenvalue weighted by Gasteiger charge is 2.18. The molecule has 1 saturated heterocycles. The van der Waals surface area contributed by atoms with Crippen LogP contribution in [-0.2, 0) is 4.74 Å². The van der Waals surface area contributed by atoms with Crippen LogP contribution in [0.2, 0.25) is 0 Å². The van der Waals surface area contributed by atoms with Crippen LogP contribution in [0.25, 0.3) is 0 Å². The van der Waals surface area contributed by atoms with Gasteiger partial charge in [0.1, 0.15) is 0 Å². The topological polar surface area (TPSA) is 80.3 Å². The number of hydrogen-bond acceptors (Lipinski definition) is 4. The molecule has 1 fully saturated rings. The van der Waals surface area contributed by atoms with Gasteiger partial charge in [-0.3, -0.25) is 14.6 Å². The van der Waals surface area contributed by atoms with Gasteiger partial charge in [0, 0.05) is 25.5 Å². The number of nitrogens with one attached hydrogen (secondary N) is 2. The monoisotopic (exact) mass is 325 g/mol. The molecule has 24 heavy (non-hydrogen) atoms. The predicted molar refractivity (Wildman–Crippen MR) is 89.9 cm³/mol. The minimum Gasteiger partial charge on any atom is -0.376 e. The summed E-state index contributed by atoms with van der Waals surface area (Å²) in [7, 11) is 0. The van der Waals surface area contributed by atoms with Crippen molar-refractivity contribution in [2.24, 2.45) is 0 Å². The van der Waals surface area contributed by atoms with Crippen LogP contribution in [0, 0.1) is 0 Å². The maximum Gasteiger partial charge on any atom is 0.257 e. The summed E-state index contributed by atoms with van der Waals surface area (Å²) in [6, 6.07) is 10.3. The van der Waals surface area contributed by atoms with Crippen molar-refractivity contribution in [3.63, 3.8) is 0 Å². The van der Waals surface area contributed by atoms with Crippen LogP contribution in [-0.4, -0.2) is 36.1 Å². The fourth-order valence-electron chi connectivity index (χ4n) is 2.59. The fraction of sp³-hybridized carbons (Fsp3) is 0.278. The van der Waals surface area contributed by atoms with Gasteiger partial charge in [-0.2, -0.15) is 0 Å². The smallest absolute Gasteiger partial charge is 0.257 e.